The Hall–Kier alpha value is -1.39. The van der Waals surface area contributed by atoms with Gasteiger partial charge in [0.1, 0.15) is 0 Å². The maximum absolute atomic E-state index is 10.3. The molecule has 0 unspecified atom stereocenters. The first-order chi connectivity index (χ1) is 9.19. The van der Waals surface area contributed by atoms with Crippen LogP contribution in [0.4, 0.5) is 5.69 Å². The highest BCUT2D eigenvalue weighted by Gasteiger charge is 2.37. The van der Waals surface area contributed by atoms with E-state index in [1.165, 1.54) is 0 Å². The lowest BCUT2D eigenvalue weighted by molar-refractivity contribution is 0.450. The summed E-state index contributed by atoms with van der Waals surface area (Å²) in [6.45, 7) is 8.31. The van der Waals surface area contributed by atoms with Gasteiger partial charge in [-0.05, 0) is 55.2 Å². The van der Waals surface area contributed by atoms with E-state index in [1.54, 1.807) is 0 Å². The molecule has 1 aromatic heterocycles. The van der Waals surface area contributed by atoms with Gasteiger partial charge < -0.3 is 10.5 Å². The summed E-state index contributed by atoms with van der Waals surface area (Å²) in [5, 5.41) is 1.06. The molecule has 3 nitrogen and oxygen atoms in total. The summed E-state index contributed by atoms with van der Waals surface area (Å²) in [6, 6.07) is 9.92. The number of aryl methyl sites for hydroxylation is 1. The first-order valence-corrected chi connectivity index (χ1v) is 10.0. The number of fused-ring (bicyclic) bond motifs is 1. The third-order valence-corrected chi connectivity index (χ3v) is 8.00. The molecule has 2 rings (SSSR count). The van der Waals surface area contributed by atoms with Crippen molar-refractivity contribution in [2.75, 3.05) is 5.73 Å². The van der Waals surface area contributed by atoms with E-state index in [4.69, 9.17) is 5.73 Å². The molecule has 0 bridgehead atoms. The van der Waals surface area contributed by atoms with Crippen LogP contribution in [0.25, 0.3) is 10.9 Å². The molecule has 0 saturated carbocycles. The van der Waals surface area contributed by atoms with Gasteiger partial charge >= 0.3 is 0 Å². The Bertz CT molecular complexity index is 617. The summed E-state index contributed by atoms with van der Waals surface area (Å²) in [7, 11) is -2.14. The molecule has 0 aliphatic carbocycles. The first-order valence-electron chi connectivity index (χ1n) is 7.07. The molecule has 0 radical (unpaired) electrons. The molecule has 1 heterocycles. The Morgan fingerprint density at radius 2 is 1.90 bits per heavy atom. The summed E-state index contributed by atoms with van der Waals surface area (Å²) in [4.78, 5) is 15.0. The lowest BCUT2D eigenvalue weighted by atomic mass is 10.0. The van der Waals surface area contributed by atoms with E-state index >= 15 is 0 Å². The Kier molecular flexibility index (Phi) is 3.89. The predicted molar refractivity (Wildman–Crippen MR) is 88.2 cm³/mol. The third kappa shape index (κ3) is 3.19. The minimum Gasteiger partial charge on any atom is -0.432 e. The van der Waals surface area contributed by atoms with Crippen molar-refractivity contribution in [2.24, 2.45) is 0 Å². The number of aromatic nitrogens is 1. The number of hydrogen-bond acceptors (Lipinski definition) is 3. The molecule has 108 valence electrons. The molecule has 0 atom stereocenters. The fraction of sp³-hybridized carbons (Fsp3) is 0.438. The predicted octanol–water partition coefficient (Wildman–Crippen LogP) is 3.73. The van der Waals surface area contributed by atoms with Crippen LogP contribution in [0.1, 0.15) is 26.0 Å². The number of benzene rings is 1. The zero-order chi connectivity index (χ0) is 15.0. The summed E-state index contributed by atoms with van der Waals surface area (Å²) in [6.07, 6.45) is 1.85. The molecule has 1 aromatic carbocycles. The zero-order valence-corrected chi connectivity index (χ0v) is 13.8. The van der Waals surface area contributed by atoms with Crippen molar-refractivity contribution in [3.05, 3.63) is 36.0 Å². The van der Waals surface area contributed by atoms with Gasteiger partial charge in [-0.15, -0.1) is 0 Å². The second kappa shape index (κ2) is 5.18. The van der Waals surface area contributed by atoms with Crippen molar-refractivity contribution in [3.63, 3.8) is 0 Å². The van der Waals surface area contributed by atoms with Gasteiger partial charge in [-0.3, -0.25) is 4.98 Å². The highest BCUT2D eigenvalue weighted by Crippen LogP contribution is 2.39. The van der Waals surface area contributed by atoms with Crippen LogP contribution in [0.15, 0.2) is 30.3 Å². The molecule has 2 aromatic rings. The molecule has 0 saturated heterocycles. The number of nitrogen functional groups attached to an aromatic ring is 1. The SMILES string of the molecule is CC(C)(CCc1ccc2cc(N)ccc2n1)[Si](C)(C)O. The summed E-state index contributed by atoms with van der Waals surface area (Å²) in [5.74, 6) is 0. The van der Waals surface area contributed by atoms with E-state index in [2.05, 4.69) is 31.0 Å². The van der Waals surface area contributed by atoms with Crippen molar-refractivity contribution >= 4 is 24.9 Å². The topological polar surface area (TPSA) is 59.1 Å². The van der Waals surface area contributed by atoms with Crippen LogP contribution in [-0.2, 0) is 6.42 Å². The molecular formula is C16H24N2OSi. The molecule has 0 aliphatic heterocycles. The molecule has 0 spiro atoms. The van der Waals surface area contributed by atoms with Crippen LogP contribution in [-0.4, -0.2) is 18.1 Å². The Balaban J connectivity index is 2.17. The molecule has 3 N–H and O–H groups in total. The second-order valence-electron chi connectivity index (χ2n) is 6.70. The van der Waals surface area contributed by atoms with E-state index in [0.717, 1.165) is 35.1 Å². The van der Waals surface area contributed by atoms with Gasteiger partial charge in [0.05, 0.1) is 5.52 Å². The number of pyridine rings is 1. The number of rotatable bonds is 4. The second-order valence-corrected chi connectivity index (χ2v) is 11.2. The highest BCUT2D eigenvalue weighted by atomic mass is 28.4. The number of anilines is 1. The lowest BCUT2D eigenvalue weighted by Crippen LogP contribution is -2.39. The van der Waals surface area contributed by atoms with Crippen molar-refractivity contribution < 1.29 is 4.80 Å². The number of nitrogens with zero attached hydrogens (tertiary/aromatic N) is 1. The van der Waals surface area contributed by atoms with Crippen molar-refractivity contribution in [1.82, 2.24) is 4.98 Å². The van der Waals surface area contributed by atoms with Crippen LogP contribution in [0, 0.1) is 0 Å². The van der Waals surface area contributed by atoms with E-state index in [1.807, 2.05) is 31.3 Å². The Morgan fingerprint density at radius 3 is 2.55 bits per heavy atom. The smallest absolute Gasteiger partial charge is 0.188 e. The fourth-order valence-corrected chi connectivity index (χ4v) is 2.81. The van der Waals surface area contributed by atoms with Gasteiger partial charge in [0.25, 0.3) is 0 Å². The van der Waals surface area contributed by atoms with Gasteiger partial charge in [-0.2, -0.15) is 0 Å². The minimum atomic E-state index is -2.14. The summed E-state index contributed by atoms with van der Waals surface area (Å²) >= 11 is 0. The molecule has 0 amide bonds. The first kappa shape index (κ1) is 15.0. The maximum atomic E-state index is 10.3. The number of hydrogen-bond donors (Lipinski definition) is 2. The van der Waals surface area contributed by atoms with E-state index < -0.39 is 8.32 Å². The van der Waals surface area contributed by atoms with Crippen LogP contribution in [0.3, 0.4) is 0 Å². The molecule has 0 fully saturated rings. The fourth-order valence-electron chi connectivity index (χ4n) is 2.07. The zero-order valence-electron chi connectivity index (χ0n) is 12.8. The van der Waals surface area contributed by atoms with Crippen molar-refractivity contribution in [3.8, 4) is 0 Å². The van der Waals surface area contributed by atoms with E-state index in [9.17, 15) is 4.80 Å². The largest absolute Gasteiger partial charge is 0.432 e. The van der Waals surface area contributed by atoms with Gasteiger partial charge in [0.2, 0.25) is 0 Å². The standard InChI is InChI=1S/C16H24N2OSi/c1-16(2,20(3,4)19)10-9-14-7-5-12-11-13(17)6-8-15(12)18-14/h5-8,11,19H,9-10,17H2,1-4H3. The molecule has 0 aliphatic rings. The monoisotopic (exact) mass is 288 g/mol. The quantitative estimate of drug-likeness (QED) is 0.666. The van der Waals surface area contributed by atoms with E-state index in [-0.39, 0.29) is 5.04 Å². The molecule has 4 heteroatoms. The van der Waals surface area contributed by atoms with Gasteiger partial charge in [-0.25, -0.2) is 0 Å². The Labute approximate surface area is 122 Å². The normalized spacial score (nSPS) is 12.8. The summed E-state index contributed by atoms with van der Waals surface area (Å²) in [5.41, 5.74) is 8.60. The van der Waals surface area contributed by atoms with Crippen molar-refractivity contribution in [1.29, 1.82) is 0 Å². The van der Waals surface area contributed by atoms with E-state index in [0.29, 0.717) is 0 Å². The van der Waals surface area contributed by atoms with Crippen LogP contribution in [0.2, 0.25) is 18.1 Å². The lowest BCUT2D eigenvalue weighted by Gasteiger charge is -2.35. The third-order valence-electron chi connectivity index (χ3n) is 4.43. The average molecular weight is 288 g/mol. The maximum Gasteiger partial charge on any atom is 0.188 e. The van der Waals surface area contributed by atoms with Crippen LogP contribution < -0.4 is 5.73 Å². The average Bonchev–Trinajstić information content (AvgIpc) is 2.35. The van der Waals surface area contributed by atoms with Gasteiger partial charge in [-0.1, -0.05) is 19.9 Å². The van der Waals surface area contributed by atoms with Gasteiger partial charge in [0, 0.05) is 16.8 Å². The Morgan fingerprint density at radius 1 is 1.20 bits per heavy atom. The molecule has 20 heavy (non-hydrogen) atoms. The highest BCUT2D eigenvalue weighted by molar-refractivity contribution is 6.72. The number of nitrogens with two attached hydrogens (primary N) is 1. The van der Waals surface area contributed by atoms with Crippen LogP contribution >= 0.6 is 0 Å². The minimum absolute atomic E-state index is 0.00917. The van der Waals surface area contributed by atoms with Crippen molar-refractivity contribution in [2.45, 2.75) is 44.8 Å². The summed E-state index contributed by atoms with van der Waals surface area (Å²) < 4.78 is 0. The van der Waals surface area contributed by atoms with Crippen LogP contribution in [0.5, 0.6) is 0 Å². The van der Waals surface area contributed by atoms with Gasteiger partial charge in [0.15, 0.2) is 8.32 Å². The molecular weight excluding hydrogens is 264 g/mol.